The summed E-state index contributed by atoms with van der Waals surface area (Å²) in [5.74, 6) is -0.272. The van der Waals surface area contributed by atoms with E-state index >= 15 is 0 Å². The molecule has 0 N–H and O–H groups in total. The Morgan fingerprint density at radius 1 is 1.24 bits per heavy atom. The third kappa shape index (κ3) is 3.28. The van der Waals surface area contributed by atoms with Crippen LogP contribution in [0.1, 0.15) is 26.3 Å². The number of esters is 1. The normalized spacial score (nSPS) is 10.3. The van der Waals surface area contributed by atoms with E-state index in [4.69, 9.17) is 4.74 Å². The maximum absolute atomic E-state index is 12.0. The molecule has 0 radical (unpaired) electrons. The predicted molar refractivity (Wildman–Crippen MR) is 77.4 cm³/mol. The molecule has 1 heterocycles. The Balaban J connectivity index is 2.25. The highest BCUT2D eigenvalue weighted by molar-refractivity contribution is 5.95. The van der Waals surface area contributed by atoms with Gasteiger partial charge in [-0.1, -0.05) is 6.07 Å². The second kappa shape index (κ2) is 5.78. The van der Waals surface area contributed by atoms with Gasteiger partial charge in [-0.15, -0.1) is 0 Å². The first-order valence-corrected chi connectivity index (χ1v) is 6.41. The fourth-order valence-electron chi connectivity index (χ4n) is 1.79. The molecule has 0 saturated heterocycles. The zero-order chi connectivity index (χ0) is 15.6. The van der Waals surface area contributed by atoms with Crippen LogP contribution in [0.25, 0.3) is 0 Å². The minimum Gasteiger partial charge on any atom is -0.423 e. The van der Waals surface area contributed by atoms with Gasteiger partial charge >= 0.3 is 5.97 Å². The first-order chi connectivity index (χ1) is 9.88. The number of nitrogens with zero attached hydrogens (tertiary/aromatic N) is 3. The topological polar surface area (TPSA) is 64.4 Å². The summed E-state index contributed by atoms with van der Waals surface area (Å²) in [6, 6.07) is 5.04. The number of rotatable bonds is 3. The standard InChI is InChI=1S/C15H17N3O3/c1-10-5-6-11(14(19)17(2)3)7-13(10)21-15(20)12-8-16-18(4)9-12/h5-9H,1-4H3. The first kappa shape index (κ1) is 14.8. The lowest BCUT2D eigenvalue weighted by atomic mass is 10.1. The van der Waals surface area contributed by atoms with Crippen molar-refractivity contribution in [1.29, 1.82) is 0 Å². The van der Waals surface area contributed by atoms with Crippen molar-refractivity contribution >= 4 is 11.9 Å². The van der Waals surface area contributed by atoms with Gasteiger partial charge in [-0.2, -0.15) is 5.10 Å². The Hall–Kier alpha value is -2.63. The average Bonchev–Trinajstić information content (AvgIpc) is 2.87. The minimum atomic E-state index is -0.499. The van der Waals surface area contributed by atoms with Crippen LogP contribution in [0.3, 0.4) is 0 Å². The number of aryl methyl sites for hydroxylation is 2. The SMILES string of the molecule is Cc1ccc(C(=O)N(C)C)cc1OC(=O)c1cnn(C)c1. The predicted octanol–water partition coefficient (Wildman–Crippen LogP) is 1.65. The summed E-state index contributed by atoms with van der Waals surface area (Å²) in [5.41, 5.74) is 1.61. The summed E-state index contributed by atoms with van der Waals surface area (Å²) < 4.78 is 6.88. The summed E-state index contributed by atoms with van der Waals surface area (Å²) in [6.45, 7) is 1.82. The number of hydrogen-bond acceptors (Lipinski definition) is 4. The lowest BCUT2D eigenvalue weighted by molar-refractivity contribution is 0.0730. The van der Waals surface area contributed by atoms with Gasteiger partial charge in [-0.3, -0.25) is 9.48 Å². The summed E-state index contributed by atoms with van der Waals surface area (Å²) >= 11 is 0. The van der Waals surface area contributed by atoms with E-state index in [-0.39, 0.29) is 5.91 Å². The number of aromatic nitrogens is 2. The average molecular weight is 287 g/mol. The van der Waals surface area contributed by atoms with Crippen molar-refractivity contribution in [2.45, 2.75) is 6.92 Å². The van der Waals surface area contributed by atoms with Gasteiger partial charge in [-0.05, 0) is 24.6 Å². The van der Waals surface area contributed by atoms with Crippen LogP contribution < -0.4 is 4.74 Å². The highest BCUT2D eigenvalue weighted by atomic mass is 16.5. The number of carbonyl (C=O) groups is 2. The number of amides is 1. The molecule has 0 aliphatic rings. The quantitative estimate of drug-likeness (QED) is 0.636. The minimum absolute atomic E-state index is 0.145. The van der Waals surface area contributed by atoms with Gasteiger partial charge in [0.15, 0.2) is 0 Å². The molecular weight excluding hydrogens is 270 g/mol. The molecule has 0 aliphatic carbocycles. The maximum Gasteiger partial charge on any atom is 0.346 e. The van der Waals surface area contributed by atoms with Gasteiger partial charge < -0.3 is 9.64 Å². The lowest BCUT2D eigenvalue weighted by Crippen LogP contribution is -2.21. The zero-order valence-corrected chi connectivity index (χ0v) is 12.5. The number of carbonyl (C=O) groups excluding carboxylic acids is 2. The van der Waals surface area contributed by atoms with Crippen LogP contribution in [-0.4, -0.2) is 40.7 Å². The molecule has 110 valence electrons. The Labute approximate surface area is 122 Å². The van der Waals surface area contributed by atoms with Crippen LogP contribution in [0.15, 0.2) is 30.6 Å². The Bertz CT molecular complexity index is 689. The summed E-state index contributed by atoms with van der Waals surface area (Å²) in [4.78, 5) is 25.4. The number of hydrogen-bond donors (Lipinski definition) is 0. The zero-order valence-electron chi connectivity index (χ0n) is 12.5. The fourth-order valence-corrected chi connectivity index (χ4v) is 1.79. The monoisotopic (exact) mass is 287 g/mol. The molecule has 6 heteroatoms. The highest BCUT2D eigenvalue weighted by Gasteiger charge is 2.15. The van der Waals surface area contributed by atoms with E-state index in [1.165, 1.54) is 15.8 Å². The van der Waals surface area contributed by atoms with Crippen molar-refractivity contribution in [3.8, 4) is 5.75 Å². The van der Waals surface area contributed by atoms with Crippen molar-refractivity contribution in [2.24, 2.45) is 7.05 Å². The number of benzene rings is 1. The molecule has 0 atom stereocenters. The van der Waals surface area contributed by atoms with E-state index < -0.39 is 5.97 Å². The van der Waals surface area contributed by atoms with Gasteiger partial charge in [0.05, 0.1) is 11.8 Å². The molecule has 0 aliphatic heterocycles. The molecule has 2 rings (SSSR count). The summed E-state index contributed by atoms with van der Waals surface area (Å²) in [5, 5.41) is 3.93. The van der Waals surface area contributed by atoms with Crippen LogP contribution in [0, 0.1) is 6.92 Å². The Morgan fingerprint density at radius 2 is 1.95 bits per heavy atom. The molecule has 0 saturated carbocycles. The van der Waals surface area contributed by atoms with Crippen molar-refractivity contribution in [2.75, 3.05) is 14.1 Å². The molecule has 6 nitrogen and oxygen atoms in total. The van der Waals surface area contributed by atoms with E-state index in [2.05, 4.69) is 5.10 Å². The van der Waals surface area contributed by atoms with Crippen LogP contribution in [0.2, 0.25) is 0 Å². The van der Waals surface area contributed by atoms with E-state index in [0.29, 0.717) is 16.9 Å². The number of ether oxygens (including phenoxy) is 1. The fraction of sp³-hybridized carbons (Fsp3) is 0.267. The van der Waals surface area contributed by atoms with Gasteiger partial charge in [0.1, 0.15) is 5.75 Å². The van der Waals surface area contributed by atoms with E-state index in [1.54, 1.807) is 45.5 Å². The van der Waals surface area contributed by atoms with Crippen molar-refractivity contribution in [1.82, 2.24) is 14.7 Å². The molecule has 0 spiro atoms. The van der Waals surface area contributed by atoms with E-state index in [1.807, 2.05) is 6.92 Å². The smallest absolute Gasteiger partial charge is 0.346 e. The van der Waals surface area contributed by atoms with Crippen LogP contribution in [0.5, 0.6) is 5.75 Å². The molecular formula is C15H17N3O3. The van der Waals surface area contributed by atoms with Crippen LogP contribution in [0.4, 0.5) is 0 Å². The summed E-state index contributed by atoms with van der Waals surface area (Å²) in [7, 11) is 5.06. The van der Waals surface area contributed by atoms with Crippen molar-refractivity contribution in [3.63, 3.8) is 0 Å². The molecule has 21 heavy (non-hydrogen) atoms. The second-order valence-electron chi connectivity index (χ2n) is 4.97. The molecule has 0 fully saturated rings. The Morgan fingerprint density at radius 3 is 2.52 bits per heavy atom. The highest BCUT2D eigenvalue weighted by Crippen LogP contribution is 2.21. The molecule has 0 unspecified atom stereocenters. The lowest BCUT2D eigenvalue weighted by Gasteiger charge is -2.12. The van der Waals surface area contributed by atoms with Gasteiger partial charge in [-0.25, -0.2) is 4.79 Å². The van der Waals surface area contributed by atoms with E-state index in [0.717, 1.165) is 5.56 Å². The van der Waals surface area contributed by atoms with E-state index in [9.17, 15) is 9.59 Å². The van der Waals surface area contributed by atoms with Gasteiger partial charge in [0.2, 0.25) is 0 Å². The third-order valence-corrected chi connectivity index (χ3v) is 2.98. The third-order valence-electron chi connectivity index (χ3n) is 2.98. The molecule has 2 aromatic rings. The first-order valence-electron chi connectivity index (χ1n) is 6.41. The molecule has 1 aromatic carbocycles. The Kier molecular flexibility index (Phi) is 4.07. The van der Waals surface area contributed by atoms with Crippen molar-refractivity contribution < 1.29 is 14.3 Å². The van der Waals surface area contributed by atoms with Crippen LogP contribution >= 0.6 is 0 Å². The maximum atomic E-state index is 12.0. The van der Waals surface area contributed by atoms with Crippen molar-refractivity contribution in [3.05, 3.63) is 47.3 Å². The van der Waals surface area contributed by atoms with Gasteiger partial charge in [0.25, 0.3) is 5.91 Å². The second-order valence-corrected chi connectivity index (χ2v) is 4.97. The summed E-state index contributed by atoms with van der Waals surface area (Å²) in [6.07, 6.45) is 3.01. The van der Waals surface area contributed by atoms with Crippen LogP contribution in [-0.2, 0) is 7.05 Å². The largest absolute Gasteiger partial charge is 0.423 e. The van der Waals surface area contributed by atoms with Gasteiger partial charge in [0, 0.05) is 32.9 Å². The molecule has 1 aromatic heterocycles. The molecule has 0 bridgehead atoms. The molecule has 1 amide bonds.